The maximum absolute atomic E-state index is 4.27. The van der Waals surface area contributed by atoms with Crippen LogP contribution in [0.4, 0.5) is 0 Å². The van der Waals surface area contributed by atoms with Gasteiger partial charge in [-0.15, -0.1) is 0 Å². The molecule has 8 heavy (non-hydrogen) atoms. The lowest BCUT2D eigenvalue weighted by atomic mass is 10.2. The van der Waals surface area contributed by atoms with E-state index in [1.54, 1.807) is 0 Å². The molecule has 1 atom stereocenters. The van der Waals surface area contributed by atoms with Gasteiger partial charge in [0.05, 0.1) is 0 Å². The first-order valence-electron chi connectivity index (χ1n) is 3.14. The topological polar surface area (TPSA) is 17.3 Å². The molecule has 0 bridgehead atoms. The molecule has 47 valence electrons. The van der Waals surface area contributed by atoms with Crippen LogP contribution in [0.2, 0.25) is 0 Å². The van der Waals surface area contributed by atoms with E-state index < -0.39 is 0 Å². The third-order valence-electron chi connectivity index (χ3n) is 1.76. The van der Waals surface area contributed by atoms with Crippen molar-refractivity contribution in [2.75, 3.05) is 26.7 Å². The Morgan fingerprint density at radius 1 is 1.62 bits per heavy atom. The number of hydrogen-bond acceptors (Lipinski definition) is 1. The van der Waals surface area contributed by atoms with Crippen LogP contribution >= 0.6 is 0 Å². The summed E-state index contributed by atoms with van der Waals surface area (Å²) in [6.07, 6.45) is 0. The second-order valence-corrected chi connectivity index (χ2v) is 2.46. The fraction of sp³-hybridized carbons (Fsp3) is 1.00. The molecular formula is C6H13N2. The summed E-state index contributed by atoms with van der Waals surface area (Å²) in [6.45, 7) is 5.40. The Bertz CT molecular complexity index is 62.9. The van der Waals surface area contributed by atoms with Crippen molar-refractivity contribution >= 4 is 0 Å². The molecule has 1 fully saturated rings. The molecule has 0 N–H and O–H groups in total. The van der Waals surface area contributed by atoms with Gasteiger partial charge in [0.15, 0.2) is 0 Å². The van der Waals surface area contributed by atoms with Crippen LogP contribution in [0.15, 0.2) is 0 Å². The highest BCUT2D eigenvalue weighted by atomic mass is 15.2. The first-order chi connectivity index (χ1) is 3.80. The largest absolute Gasteiger partial charge is 0.301 e. The highest BCUT2D eigenvalue weighted by Gasteiger charge is 2.12. The average Bonchev–Trinajstić information content (AvgIpc) is 1.77. The lowest BCUT2D eigenvalue weighted by Gasteiger charge is -2.28. The Morgan fingerprint density at radius 2 is 2.38 bits per heavy atom. The molecule has 2 heteroatoms. The SMILES string of the molecule is C[C@@H]1C[N]CCN1C. The van der Waals surface area contributed by atoms with Gasteiger partial charge < -0.3 is 4.90 Å². The third kappa shape index (κ3) is 1.20. The Morgan fingerprint density at radius 3 is 2.75 bits per heavy atom. The zero-order valence-corrected chi connectivity index (χ0v) is 5.59. The summed E-state index contributed by atoms with van der Waals surface area (Å²) in [5.74, 6) is 0. The molecule has 1 rings (SSSR count). The molecule has 0 aromatic rings. The van der Waals surface area contributed by atoms with E-state index in [0.29, 0.717) is 6.04 Å². The zero-order chi connectivity index (χ0) is 5.98. The number of likely N-dealkylation sites (N-methyl/N-ethyl adjacent to an activating group) is 1. The molecule has 0 aromatic carbocycles. The minimum Gasteiger partial charge on any atom is -0.301 e. The highest BCUT2D eigenvalue weighted by Crippen LogP contribution is 1.97. The Labute approximate surface area is 50.9 Å². The van der Waals surface area contributed by atoms with Crippen molar-refractivity contribution < 1.29 is 0 Å². The molecule has 1 aliphatic heterocycles. The second kappa shape index (κ2) is 2.46. The first kappa shape index (κ1) is 6.05. The molecule has 1 aliphatic rings. The molecule has 2 nitrogen and oxygen atoms in total. The Kier molecular flexibility index (Phi) is 1.86. The van der Waals surface area contributed by atoms with E-state index in [0.717, 1.165) is 19.6 Å². The predicted octanol–water partition coefficient (Wildman–Crippen LogP) is -0.0753. The second-order valence-electron chi connectivity index (χ2n) is 2.46. The molecule has 1 saturated heterocycles. The summed E-state index contributed by atoms with van der Waals surface area (Å²) in [5.41, 5.74) is 0. The van der Waals surface area contributed by atoms with Gasteiger partial charge in [-0.2, -0.15) is 0 Å². The summed E-state index contributed by atoms with van der Waals surface area (Å²) < 4.78 is 0. The van der Waals surface area contributed by atoms with E-state index >= 15 is 0 Å². The molecule has 0 saturated carbocycles. The lowest BCUT2D eigenvalue weighted by Crippen LogP contribution is -2.44. The van der Waals surface area contributed by atoms with Gasteiger partial charge in [0, 0.05) is 25.7 Å². The van der Waals surface area contributed by atoms with E-state index in [1.165, 1.54) is 0 Å². The van der Waals surface area contributed by atoms with Crippen molar-refractivity contribution in [3.05, 3.63) is 0 Å². The van der Waals surface area contributed by atoms with E-state index in [2.05, 4.69) is 24.2 Å². The summed E-state index contributed by atoms with van der Waals surface area (Å²) in [7, 11) is 2.15. The van der Waals surface area contributed by atoms with Gasteiger partial charge >= 0.3 is 0 Å². The van der Waals surface area contributed by atoms with Gasteiger partial charge in [-0.25, -0.2) is 5.32 Å². The summed E-state index contributed by atoms with van der Waals surface area (Å²) >= 11 is 0. The monoisotopic (exact) mass is 113 g/mol. The van der Waals surface area contributed by atoms with Gasteiger partial charge in [-0.1, -0.05) is 0 Å². The van der Waals surface area contributed by atoms with Gasteiger partial charge in [0.25, 0.3) is 0 Å². The molecule has 0 aromatic heterocycles. The summed E-state index contributed by atoms with van der Waals surface area (Å²) in [6, 6.07) is 0.670. The van der Waals surface area contributed by atoms with Crippen LogP contribution in [-0.2, 0) is 0 Å². The predicted molar refractivity (Wildman–Crippen MR) is 34.0 cm³/mol. The van der Waals surface area contributed by atoms with Crippen molar-refractivity contribution in [1.82, 2.24) is 10.2 Å². The van der Waals surface area contributed by atoms with Crippen LogP contribution in [0.25, 0.3) is 0 Å². The van der Waals surface area contributed by atoms with E-state index in [1.807, 2.05) is 0 Å². The summed E-state index contributed by atoms with van der Waals surface area (Å²) in [5, 5.41) is 4.27. The molecule has 1 radical (unpaired) electrons. The molecule has 0 aliphatic carbocycles. The number of hydrogen-bond donors (Lipinski definition) is 0. The lowest BCUT2D eigenvalue weighted by molar-refractivity contribution is 0.212. The third-order valence-corrected chi connectivity index (χ3v) is 1.76. The van der Waals surface area contributed by atoms with Gasteiger partial charge in [0.1, 0.15) is 0 Å². The maximum Gasteiger partial charge on any atom is 0.0287 e. The molecular weight excluding hydrogens is 100 g/mol. The molecule has 1 heterocycles. The van der Waals surface area contributed by atoms with E-state index in [4.69, 9.17) is 0 Å². The van der Waals surface area contributed by atoms with E-state index in [9.17, 15) is 0 Å². The molecule has 0 unspecified atom stereocenters. The Hall–Kier alpha value is -0.0800. The van der Waals surface area contributed by atoms with Crippen molar-refractivity contribution in [3.8, 4) is 0 Å². The van der Waals surface area contributed by atoms with Crippen molar-refractivity contribution in [3.63, 3.8) is 0 Å². The van der Waals surface area contributed by atoms with Crippen LogP contribution in [0.3, 0.4) is 0 Å². The Balaban J connectivity index is 2.28. The van der Waals surface area contributed by atoms with Crippen LogP contribution in [0, 0.1) is 0 Å². The summed E-state index contributed by atoms with van der Waals surface area (Å²) in [4.78, 5) is 2.34. The van der Waals surface area contributed by atoms with Crippen molar-refractivity contribution in [2.24, 2.45) is 0 Å². The fourth-order valence-corrected chi connectivity index (χ4v) is 0.866. The standard InChI is InChI=1S/C6H13N2/c1-6-5-7-3-4-8(6)2/h6H,3-5H2,1-2H3/t6-/m1/s1. The fourth-order valence-electron chi connectivity index (χ4n) is 0.866. The smallest absolute Gasteiger partial charge is 0.0287 e. The molecule has 0 spiro atoms. The quantitative estimate of drug-likeness (QED) is 0.429. The normalized spacial score (nSPS) is 33.0. The number of piperazine rings is 1. The van der Waals surface area contributed by atoms with Gasteiger partial charge in [-0.05, 0) is 14.0 Å². The number of rotatable bonds is 0. The zero-order valence-electron chi connectivity index (χ0n) is 5.59. The van der Waals surface area contributed by atoms with Crippen molar-refractivity contribution in [2.45, 2.75) is 13.0 Å². The van der Waals surface area contributed by atoms with E-state index in [-0.39, 0.29) is 0 Å². The van der Waals surface area contributed by atoms with Crippen LogP contribution < -0.4 is 5.32 Å². The van der Waals surface area contributed by atoms with Crippen molar-refractivity contribution in [1.29, 1.82) is 0 Å². The van der Waals surface area contributed by atoms with Crippen LogP contribution in [0.5, 0.6) is 0 Å². The van der Waals surface area contributed by atoms with Gasteiger partial charge in [0.2, 0.25) is 0 Å². The first-order valence-corrected chi connectivity index (χ1v) is 3.14. The minimum absolute atomic E-state index is 0.670. The number of nitrogens with zero attached hydrogens (tertiary/aromatic N) is 2. The van der Waals surface area contributed by atoms with Gasteiger partial charge in [-0.3, -0.25) is 0 Å². The maximum atomic E-state index is 4.27. The van der Waals surface area contributed by atoms with Crippen LogP contribution in [0.1, 0.15) is 6.92 Å². The molecule has 0 amide bonds. The minimum atomic E-state index is 0.670. The highest BCUT2D eigenvalue weighted by molar-refractivity contribution is 4.71. The van der Waals surface area contributed by atoms with Crippen LogP contribution in [-0.4, -0.2) is 37.6 Å². The average molecular weight is 113 g/mol.